The number of morpholine rings is 1. The zero-order valence-corrected chi connectivity index (χ0v) is 15.1. The molecule has 4 nitrogen and oxygen atoms in total. The number of amides is 1. The lowest BCUT2D eigenvalue weighted by Crippen LogP contribution is -2.49. The summed E-state index contributed by atoms with van der Waals surface area (Å²) < 4.78 is 5.84. The van der Waals surface area contributed by atoms with E-state index in [-0.39, 0.29) is 24.2 Å². The second-order valence-corrected chi connectivity index (χ2v) is 6.88. The zero-order valence-electron chi connectivity index (χ0n) is 15.1. The van der Waals surface area contributed by atoms with Gasteiger partial charge in [0.05, 0.1) is 12.2 Å². The van der Waals surface area contributed by atoms with Crippen LogP contribution in [0.4, 0.5) is 5.69 Å². The van der Waals surface area contributed by atoms with Gasteiger partial charge >= 0.3 is 0 Å². The molecule has 3 atom stereocenters. The molecule has 0 saturated carbocycles. The molecule has 0 aliphatic carbocycles. The first-order valence-electron chi connectivity index (χ1n) is 8.85. The molecule has 0 bridgehead atoms. The van der Waals surface area contributed by atoms with Gasteiger partial charge < -0.3 is 10.1 Å². The third-order valence-electron chi connectivity index (χ3n) is 4.50. The van der Waals surface area contributed by atoms with Crippen molar-refractivity contribution in [2.75, 3.05) is 18.4 Å². The van der Waals surface area contributed by atoms with E-state index in [4.69, 9.17) is 4.74 Å². The van der Waals surface area contributed by atoms with Gasteiger partial charge in [-0.15, -0.1) is 0 Å². The summed E-state index contributed by atoms with van der Waals surface area (Å²) in [6.07, 6.45) is 0.226. The fraction of sp³-hybridized carbons (Fsp3) is 0.381. The molecule has 1 saturated heterocycles. The Balaban J connectivity index is 1.85. The van der Waals surface area contributed by atoms with E-state index in [1.807, 2.05) is 61.5 Å². The summed E-state index contributed by atoms with van der Waals surface area (Å²) in [5, 5.41) is 3.07. The smallest absolute Gasteiger partial charge is 0.246 e. The van der Waals surface area contributed by atoms with Crippen molar-refractivity contribution >= 4 is 11.6 Å². The van der Waals surface area contributed by atoms with Gasteiger partial charge in [-0.25, -0.2) is 0 Å². The highest BCUT2D eigenvalue weighted by Crippen LogP contribution is 2.26. The van der Waals surface area contributed by atoms with Gasteiger partial charge in [-0.1, -0.05) is 48.0 Å². The molecule has 0 radical (unpaired) electrons. The van der Waals surface area contributed by atoms with Crippen LogP contribution in [-0.2, 0) is 9.53 Å². The van der Waals surface area contributed by atoms with E-state index in [0.29, 0.717) is 0 Å². The summed E-state index contributed by atoms with van der Waals surface area (Å²) in [6, 6.07) is 17.6. The maximum atomic E-state index is 13.1. The molecule has 1 heterocycles. The third-order valence-corrected chi connectivity index (χ3v) is 4.50. The minimum atomic E-state index is -0.323. The summed E-state index contributed by atoms with van der Waals surface area (Å²) >= 11 is 0. The van der Waals surface area contributed by atoms with Gasteiger partial charge in [-0.3, -0.25) is 9.69 Å². The molecule has 2 aromatic carbocycles. The van der Waals surface area contributed by atoms with Crippen molar-refractivity contribution < 1.29 is 9.53 Å². The summed E-state index contributed by atoms with van der Waals surface area (Å²) in [7, 11) is 0. The Hall–Kier alpha value is -2.17. The number of hydrogen-bond donors (Lipinski definition) is 1. The predicted molar refractivity (Wildman–Crippen MR) is 101 cm³/mol. The van der Waals surface area contributed by atoms with Gasteiger partial charge in [0, 0.05) is 18.8 Å². The van der Waals surface area contributed by atoms with Crippen LogP contribution in [0.3, 0.4) is 0 Å². The normalized spacial score (nSPS) is 22.4. The molecule has 3 rings (SSSR count). The van der Waals surface area contributed by atoms with E-state index in [0.717, 1.165) is 24.3 Å². The van der Waals surface area contributed by atoms with E-state index >= 15 is 0 Å². The van der Waals surface area contributed by atoms with E-state index in [2.05, 4.69) is 24.1 Å². The molecule has 1 amide bonds. The number of nitrogens with zero attached hydrogens (tertiary/aromatic N) is 1. The lowest BCUT2D eigenvalue weighted by atomic mass is 10.0. The predicted octanol–water partition coefficient (Wildman–Crippen LogP) is 3.78. The Morgan fingerprint density at radius 1 is 1.04 bits per heavy atom. The monoisotopic (exact) mass is 338 g/mol. The van der Waals surface area contributed by atoms with Crippen molar-refractivity contribution in [1.29, 1.82) is 0 Å². The molecule has 1 N–H and O–H groups in total. The molecule has 4 heteroatoms. The van der Waals surface area contributed by atoms with Crippen LogP contribution in [0.1, 0.15) is 31.0 Å². The Morgan fingerprint density at radius 2 is 1.64 bits per heavy atom. The highest BCUT2D eigenvalue weighted by Gasteiger charge is 2.33. The fourth-order valence-corrected chi connectivity index (χ4v) is 3.44. The first kappa shape index (κ1) is 17.6. The van der Waals surface area contributed by atoms with Gasteiger partial charge in [-0.2, -0.15) is 0 Å². The summed E-state index contributed by atoms with van der Waals surface area (Å²) in [5.74, 6) is -0.00338. The molecule has 1 aliphatic heterocycles. The van der Waals surface area contributed by atoms with Crippen LogP contribution in [-0.4, -0.2) is 36.1 Å². The Morgan fingerprint density at radius 3 is 2.24 bits per heavy atom. The van der Waals surface area contributed by atoms with Crippen LogP contribution in [0.5, 0.6) is 0 Å². The largest absolute Gasteiger partial charge is 0.373 e. The van der Waals surface area contributed by atoms with Crippen molar-refractivity contribution in [2.45, 2.75) is 39.0 Å². The number of carbonyl (C=O) groups excluding carboxylic acids is 1. The van der Waals surface area contributed by atoms with Crippen molar-refractivity contribution in [3.8, 4) is 0 Å². The molecule has 1 aliphatic rings. The summed E-state index contributed by atoms with van der Waals surface area (Å²) in [6.45, 7) is 7.64. The molecule has 2 aromatic rings. The van der Waals surface area contributed by atoms with Crippen molar-refractivity contribution in [2.24, 2.45) is 0 Å². The minimum Gasteiger partial charge on any atom is -0.373 e. The molecular weight excluding hydrogens is 312 g/mol. The number of anilines is 1. The first-order valence-corrected chi connectivity index (χ1v) is 8.85. The van der Waals surface area contributed by atoms with Crippen molar-refractivity contribution in [3.05, 3.63) is 65.7 Å². The average Bonchev–Trinajstić information content (AvgIpc) is 2.57. The third kappa shape index (κ3) is 4.47. The number of ether oxygens (including phenoxy) is 1. The number of nitrogens with one attached hydrogen (secondary N) is 1. The van der Waals surface area contributed by atoms with E-state index < -0.39 is 0 Å². The molecule has 1 fully saturated rings. The first-order chi connectivity index (χ1) is 12.0. The average molecular weight is 338 g/mol. The molecule has 25 heavy (non-hydrogen) atoms. The maximum absolute atomic E-state index is 13.1. The van der Waals surface area contributed by atoms with Gasteiger partial charge in [0.25, 0.3) is 0 Å². The molecule has 0 unspecified atom stereocenters. The Labute approximate surface area is 149 Å². The minimum absolute atomic E-state index is 0.00338. The van der Waals surface area contributed by atoms with E-state index in [1.165, 1.54) is 5.56 Å². The van der Waals surface area contributed by atoms with Crippen molar-refractivity contribution in [1.82, 2.24) is 4.90 Å². The second-order valence-electron chi connectivity index (χ2n) is 6.88. The fourth-order valence-electron chi connectivity index (χ4n) is 3.44. The molecule has 132 valence electrons. The summed E-state index contributed by atoms with van der Waals surface area (Å²) in [5.41, 5.74) is 3.01. The molecule has 0 aromatic heterocycles. The van der Waals surface area contributed by atoms with Gasteiger partial charge in [-0.05, 0) is 38.5 Å². The standard InChI is InChI=1S/C21H26N2O2/c1-15-9-11-19(12-10-15)22-21(24)20(18-7-5-4-6-8-18)23-13-16(2)25-17(3)14-23/h4-12,16-17,20H,13-14H2,1-3H3,(H,22,24)/t16-,17-,20-/m1/s1. The van der Waals surface area contributed by atoms with Gasteiger partial charge in [0.15, 0.2) is 0 Å². The van der Waals surface area contributed by atoms with E-state index in [1.54, 1.807) is 0 Å². The second kappa shape index (κ2) is 7.81. The van der Waals surface area contributed by atoms with Crippen LogP contribution in [0.15, 0.2) is 54.6 Å². The number of aryl methyl sites for hydroxylation is 1. The Kier molecular flexibility index (Phi) is 5.51. The van der Waals surface area contributed by atoms with E-state index in [9.17, 15) is 4.79 Å². The lowest BCUT2D eigenvalue weighted by molar-refractivity contribution is -0.128. The number of carbonyl (C=O) groups is 1. The van der Waals surface area contributed by atoms with Crippen LogP contribution in [0.25, 0.3) is 0 Å². The maximum Gasteiger partial charge on any atom is 0.246 e. The highest BCUT2D eigenvalue weighted by molar-refractivity contribution is 5.95. The van der Waals surface area contributed by atoms with Crippen LogP contribution in [0.2, 0.25) is 0 Å². The number of rotatable bonds is 4. The van der Waals surface area contributed by atoms with Gasteiger partial charge in [0.2, 0.25) is 5.91 Å². The summed E-state index contributed by atoms with van der Waals surface area (Å²) in [4.78, 5) is 15.3. The quantitative estimate of drug-likeness (QED) is 0.922. The van der Waals surface area contributed by atoms with Crippen LogP contribution in [0, 0.1) is 6.92 Å². The Bertz CT molecular complexity index is 690. The SMILES string of the molecule is Cc1ccc(NC(=O)[C@@H](c2ccccc2)N2C[C@@H](C)O[C@H](C)C2)cc1. The molecular formula is C21H26N2O2. The topological polar surface area (TPSA) is 41.6 Å². The van der Waals surface area contributed by atoms with Crippen LogP contribution < -0.4 is 5.32 Å². The zero-order chi connectivity index (χ0) is 17.8. The highest BCUT2D eigenvalue weighted by atomic mass is 16.5. The van der Waals surface area contributed by atoms with Crippen molar-refractivity contribution in [3.63, 3.8) is 0 Å². The molecule has 0 spiro atoms. The number of benzene rings is 2. The van der Waals surface area contributed by atoms with Crippen LogP contribution >= 0.6 is 0 Å². The number of hydrogen-bond acceptors (Lipinski definition) is 3. The lowest BCUT2D eigenvalue weighted by Gasteiger charge is -2.39. The van der Waals surface area contributed by atoms with Gasteiger partial charge in [0.1, 0.15) is 6.04 Å².